The zero-order chi connectivity index (χ0) is 25.3. The molecule has 0 spiro atoms. The van der Waals surface area contributed by atoms with Crippen LogP contribution in [0.5, 0.6) is 0 Å². The minimum absolute atomic E-state index is 0.0663. The van der Waals surface area contributed by atoms with E-state index < -0.39 is 5.60 Å². The summed E-state index contributed by atoms with van der Waals surface area (Å²) in [6.45, 7) is 12.8. The van der Waals surface area contributed by atoms with Crippen molar-refractivity contribution in [3.63, 3.8) is 0 Å². The third kappa shape index (κ3) is 5.73. The van der Waals surface area contributed by atoms with Crippen molar-refractivity contribution < 1.29 is 14.3 Å². The number of hydrogen-bond donors (Lipinski definition) is 1. The zero-order valence-electron chi connectivity index (χ0n) is 21.2. The van der Waals surface area contributed by atoms with Gasteiger partial charge in [0, 0.05) is 24.4 Å². The van der Waals surface area contributed by atoms with Crippen LogP contribution in [0.2, 0.25) is 0 Å². The Morgan fingerprint density at radius 1 is 1.11 bits per heavy atom. The smallest absolute Gasteiger partial charge is 0.410 e. The molecule has 2 amide bonds. The lowest BCUT2D eigenvalue weighted by atomic mass is 9.90. The molecule has 186 valence electrons. The minimum Gasteiger partial charge on any atom is -0.444 e. The third-order valence-corrected chi connectivity index (χ3v) is 7.03. The summed E-state index contributed by atoms with van der Waals surface area (Å²) in [5, 5.41) is 10.0. The van der Waals surface area contributed by atoms with Crippen LogP contribution in [0.25, 0.3) is 5.69 Å². The number of ether oxygens (including phenoxy) is 1. The van der Waals surface area contributed by atoms with Gasteiger partial charge in [-0.2, -0.15) is 5.10 Å². The first kappa shape index (κ1) is 24.9. The number of carbonyl (C=O) groups excluding carboxylic acids is 2. The van der Waals surface area contributed by atoms with Crippen molar-refractivity contribution >= 4 is 28.5 Å². The zero-order valence-corrected chi connectivity index (χ0v) is 22.0. The monoisotopic (exact) mass is 495 g/mol. The van der Waals surface area contributed by atoms with Gasteiger partial charge in [0.15, 0.2) is 5.13 Å². The number of benzene rings is 1. The van der Waals surface area contributed by atoms with Crippen LogP contribution in [0.15, 0.2) is 29.8 Å². The van der Waals surface area contributed by atoms with E-state index in [1.807, 2.05) is 43.8 Å². The fourth-order valence-electron chi connectivity index (χ4n) is 4.23. The molecule has 3 heterocycles. The van der Waals surface area contributed by atoms with Gasteiger partial charge in [0.05, 0.1) is 28.8 Å². The number of rotatable bonds is 4. The number of likely N-dealkylation sites (tertiary alicyclic amines) is 1. The van der Waals surface area contributed by atoms with Crippen LogP contribution in [0.1, 0.15) is 72.4 Å². The van der Waals surface area contributed by atoms with Crippen molar-refractivity contribution in [1.29, 1.82) is 0 Å². The van der Waals surface area contributed by atoms with Gasteiger partial charge in [0.1, 0.15) is 5.60 Å². The van der Waals surface area contributed by atoms with E-state index in [-0.39, 0.29) is 17.9 Å². The highest BCUT2D eigenvalue weighted by Crippen LogP contribution is 2.33. The van der Waals surface area contributed by atoms with E-state index in [1.165, 1.54) is 16.9 Å². The summed E-state index contributed by atoms with van der Waals surface area (Å²) in [5.41, 5.74) is 5.01. The highest BCUT2D eigenvalue weighted by Gasteiger charge is 2.32. The van der Waals surface area contributed by atoms with Gasteiger partial charge in [-0.1, -0.05) is 6.07 Å². The Kier molecular flexibility index (Phi) is 6.98. The molecule has 1 saturated heterocycles. The normalized spacial score (nSPS) is 14.7. The molecule has 0 saturated carbocycles. The Morgan fingerprint density at radius 3 is 2.43 bits per heavy atom. The summed E-state index contributed by atoms with van der Waals surface area (Å²) in [4.78, 5) is 32.0. The maximum Gasteiger partial charge on any atom is 0.410 e. The summed E-state index contributed by atoms with van der Waals surface area (Å²) in [7, 11) is 0. The molecule has 1 aliphatic heterocycles. The van der Waals surface area contributed by atoms with Crippen LogP contribution >= 0.6 is 11.3 Å². The van der Waals surface area contributed by atoms with Gasteiger partial charge in [0.2, 0.25) is 0 Å². The molecule has 1 aliphatic rings. The Balaban J connectivity index is 1.63. The van der Waals surface area contributed by atoms with Crippen molar-refractivity contribution in [3.8, 4) is 5.69 Å². The first-order valence-electron chi connectivity index (χ1n) is 11.9. The van der Waals surface area contributed by atoms with E-state index in [9.17, 15) is 9.59 Å². The largest absolute Gasteiger partial charge is 0.444 e. The Morgan fingerprint density at radius 2 is 1.83 bits per heavy atom. The van der Waals surface area contributed by atoms with Gasteiger partial charge in [0.25, 0.3) is 5.91 Å². The SMILES string of the molecule is Cc1csc(NC(=O)c2cnn(-c3ccc(C)c(C)c3)c2C2CCN(C(=O)OC(C)(C)C)CC2)n1. The lowest BCUT2D eigenvalue weighted by molar-refractivity contribution is 0.0203. The molecule has 1 N–H and O–H groups in total. The van der Waals surface area contributed by atoms with Gasteiger partial charge >= 0.3 is 6.09 Å². The van der Waals surface area contributed by atoms with E-state index >= 15 is 0 Å². The first-order chi connectivity index (χ1) is 16.5. The Hall–Kier alpha value is -3.20. The molecule has 4 rings (SSSR count). The van der Waals surface area contributed by atoms with Gasteiger partial charge in [-0.3, -0.25) is 10.1 Å². The molecule has 1 fully saturated rings. The first-order valence-corrected chi connectivity index (χ1v) is 12.8. The topological polar surface area (TPSA) is 89.4 Å². The third-order valence-electron chi connectivity index (χ3n) is 6.16. The Labute approximate surface area is 210 Å². The lowest BCUT2D eigenvalue weighted by Crippen LogP contribution is -2.41. The number of amides is 2. The lowest BCUT2D eigenvalue weighted by Gasteiger charge is -2.34. The molecule has 0 aliphatic carbocycles. The number of nitrogens with zero attached hydrogens (tertiary/aromatic N) is 4. The number of aromatic nitrogens is 3. The van der Waals surface area contributed by atoms with Gasteiger partial charge in [-0.15, -0.1) is 11.3 Å². The fraction of sp³-hybridized carbons (Fsp3) is 0.462. The number of hydrogen-bond acceptors (Lipinski definition) is 6. The number of anilines is 1. The predicted molar refractivity (Wildman–Crippen MR) is 138 cm³/mol. The van der Waals surface area contributed by atoms with Crippen molar-refractivity contribution in [1.82, 2.24) is 19.7 Å². The number of aryl methyl sites for hydroxylation is 3. The average molecular weight is 496 g/mol. The summed E-state index contributed by atoms with van der Waals surface area (Å²) in [5.74, 6) is -0.157. The molecule has 3 aromatic rings. The van der Waals surface area contributed by atoms with Crippen molar-refractivity contribution in [2.24, 2.45) is 0 Å². The standard InChI is InChI=1S/C26H33N5O3S/c1-16-7-8-20(13-17(16)2)31-22(19-9-11-30(12-10-19)25(33)34-26(4,5)6)21(14-27-31)23(32)29-24-28-18(3)15-35-24/h7-8,13-15,19H,9-12H2,1-6H3,(H,28,29,32). The fourth-order valence-corrected chi connectivity index (χ4v) is 4.91. The van der Waals surface area contributed by atoms with Gasteiger partial charge in [-0.25, -0.2) is 14.5 Å². The summed E-state index contributed by atoms with van der Waals surface area (Å²) >= 11 is 1.40. The average Bonchev–Trinajstić information content (AvgIpc) is 3.41. The maximum atomic E-state index is 13.3. The molecule has 0 bridgehead atoms. The van der Waals surface area contributed by atoms with Crippen molar-refractivity contribution in [2.45, 2.75) is 65.9 Å². The molecule has 8 nitrogen and oxygen atoms in total. The van der Waals surface area contributed by atoms with E-state index in [0.29, 0.717) is 36.6 Å². The van der Waals surface area contributed by atoms with E-state index in [4.69, 9.17) is 4.74 Å². The second kappa shape index (κ2) is 9.81. The molecule has 35 heavy (non-hydrogen) atoms. The van der Waals surface area contributed by atoms with E-state index in [2.05, 4.69) is 41.4 Å². The van der Waals surface area contributed by atoms with Crippen molar-refractivity contribution in [3.05, 3.63) is 57.9 Å². The second-order valence-corrected chi connectivity index (χ2v) is 11.0. The van der Waals surface area contributed by atoms with Crippen LogP contribution in [0.4, 0.5) is 9.93 Å². The highest BCUT2D eigenvalue weighted by molar-refractivity contribution is 7.13. The molecule has 9 heteroatoms. The summed E-state index contributed by atoms with van der Waals surface area (Å²) in [6, 6.07) is 6.19. The highest BCUT2D eigenvalue weighted by atomic mass is 32.1. The quantitative estimate of drug-likeness (QED) is 0.507. The molecule has 0 radical (unpaired) electrons. The maximum absolute atomic E-state index is 13.3. The molecule has 0 atom stereocenters. The number of carbonyl (C=O) groups is 2. The van der Waals surface area contributed by atoms with E-state index in [1.54, 1.807) is 11.1 Å². The minimum atomic E-state index is -0.532. The number of nitrogens with one attached hydrogen (secondary N) is 1. The molecular weight excluding hydrogens is 462 g/mol. The Bertz CT molecular complexity index is 1230. The summed E-state index contributed by atoms with van der Waals surface area (Å²) in [6.07, 6.45) is 2.77. The predicted octanol–water partition coefficient (Wildman–Crippen LogP) is 5.62. The van der Waals surface area contributed by atoms with Crippen molar-refractivity contribution in [2.75, 3.05) is 18.4 Å². The second-order valence-electron chi connectivity index (χ2n) is 10.1. The molecule has 2 aromatic heterocycles. The molecular formula is C26H33N5O3S. The van der Waals surface area contributed by atoms with Crippen LogP contribution in [-0.4, -0.2) is 50.4 Å². The van der Waals surface area contributed by atoms with Crippen LogP contribution in [0, 0.1) is 20.8 Å². The van der Waals surface area contributed by atoms with E-state index in [0.717, 1.165) is 22.6 Å². The molecule has 0 unspecified atom stereocenters. The van der Waals surface area contributed by atoms with Crippen LogP contribution < -0.4 is 5.32 Å². The molecule has 1 aromatic carbocycles. The van der Waals surface area contributed by atoms with Gasteiger partial charge < -0.3 is 9.64 Å². The van der Waals surface area contributed by atoms with Crippen LogP contribution in [-0.2, 0) is 4.74 Å². The van der Waals surface area contributed by atoms with Crippen LogP contribution in [0.3, 0.4) is 0 Å². The van der Waals surface area contributed by atoms with Gasteiger partial charge in [-0.05, 0) is 77.6 Å². The number of thiazole rings is 1. The summed E-state index contributed by atoms with van der Waals surface area (Å²) < 4.78 is 7.43. The number of piperidine rings is 1.